The minimum atomic E-state index is -0.300. The first-order valence-corrected chi connectivity index (χ1v) is 8.08. The number of nitrogens with one attached hydrogen (secondary N) is 2. The molecule has 0 radical (unpaired) electrons. The lowest BCUT2D eigenvalue weighted by Crippen LogP contribution is -2.28. The topological polar surface area (TPSA) is 85.4 Å². The second-order valence-corrected chi connectivity index (χ2v) is 5.66. The zero-order valence-corrected chi connectivity index (χ0v) is 13.8. The van der Waals surface area contributed by atoms with Crippen molar-refractivity contribution < 1.29 is 14.3 Å². The monoisotopic (exact) mass is 348 g/mol. The van der Waals surface area contributed by atoms with Crippen molar-refractivity contribution in [3.63, 3.8) is 0 Å². The van der Waals surface area contributed by atoms with Gasteiger partial charge < -0.3 is 20.1 Å². The van der Waals surface area contributed by atoms with Gasteiger partial charge >= 0.3 is 6.03 Å². The lowest BCUT2D eigenvalue weighted by Gasteiger charge is -2.09. The average Bonchev–Trinajstić information content (AvgIpc) is 3.15. The Labute approximate surface area is 150 Å². The maximum Gasteiger partial charge on any atom is 0.319 e. The molecule has 4 rings (SSSR count). The summed E-state index contributed by atoms with van der Waals surface area (Å²) < 4.78 is 10.6. The number of carbonyl (C=O) groups excluding carboxylic acids is 1. The van der Waals surface area contributed by atoms with Gasteiger partial charge in [-0.2, -0.15) is 0 Å². The number of fused-ring (bicyclic) bond motifs is 1. The van der Waals surface area contributed by atoms with Gasteiger partial charge in [-0.15, -0.1) is 0 Å². The Balaban J connectivity index is 1.37. The Hall–Kier alpha value is -3.61. The standard InChI is InChI=1S/C19H16N4O3/c24-19(23-15-1-2-17-18(10-15)26-12-25-17)22-11-13-3-8-21-16(9-13)14-4-6-20-7-5-14/h1-10H,11-12H2,(H2,22,23,24). The first-order valence-electron chi connectivity index (χ1n) is 8.08. The molecule has 3 aromatic rings. The molecule has 0 unspecified atom stereocenters. The zero-order chi connectivity index (χ0) is 17.8. The molecule has 3 heterocycles. The highest BCUT2D eigenvalue weighted by Gasteiger charge is 2.14. The van der Waals surface area contributed by atoms with Gasteiger partial charge in [-0.1, -0.05) is 0 Å². The highest BCUT2D eigenvalue weighted by molar-refractivity contribution is 5.89. The number of anilines is 1. The van der Waals surface area contributed by atoms with Gasteiger partial charge in [0.25, 0.3) is 0 Å². The lowest BCUT2D eigenvalue weighted by atomic mass is 10.1. The molecule has 0 atom stereocenters. The van der Waals surface area contributed by atoms with Gasteiger partial charge in [0.15, 0.2) is 11.5 Å². The summed E-state index contributed by atoms with van der Waals surface area (Å²) in [5.41, 5.74) is 3.40. The van der Waals surface area contributed by atoms with E-state index < -0.39 is 0 Å². The molecule has 0 fully saturated rings. The molecule has 7 nitrogen and oxygen atoms in total. The quantitative estimate of drug-likeness (QED) is 0.756. The van der Waals surface area contributed by atoms with E-state index in [0.717, 1.165) is 16.8 Å². The molecule has 2 N–H and O–H groups in total. The summed E-state index contributed by atoms with van der Waals surface area (Å²) in [7, 11) is 0. The highest BCUT2D eigenvalue weighted by Crippen LogP contribution is 2.34. The van der Waals surface area contributed by atoms with Crippen LogP contribution in [0.5, 0.6) is 11.5 Å². The summed E-state index contributed by atoms with van der Waals surface area (Å²) in [4.78, 5) is 20.5. The molecule has 0 bridgehead atoms. The van der Waals surface area contributed by atoms with Crippen LogP contribution < -0.4 is 20.1 Å². The Kier molecular flexibility index (Phi) is 4.34. The largest absolute Gasteiger partial charge is 0.454 e. The maximum absolute atomic E-state index is 12.1. The summed E-state index contributed by atoms with van der Waals surface area (Å²) in [6.45, 7) is 0.587. The zero-order valence-electron chi connectivity index (χ0n) is 13.8. The molecule has 1 aliphatic heterocycles. The molecule has 0 aliphatic carbocycles. The molecule has 2 amide bonds. The molecular weight excluding hydrogens is 332 g/mol. The molecule has 0 saturated heterocycles. The molecular formula is C19H16N4O3. The molecule has 1 aliphatic rings. The fourth-order valence-electron chi connectivity index (χ4n) is 2.60. The third-order valence-corrected chi connectivity index (χ3v) is 3.88. The number of rotatable bonds is 4. The number of hydrogen-bond acceptors (Lipinski definition) is 5. The van der Waals surface area contributed by atoms with Gasteiger partial charge in [-0.3, -0.25) is 9.97 Å². The van der Waals surface area contributed by atoms with Crippen molar-refractivity contribution in [1.29, 1.82) is 0 Å². The van der Waals surface area contributed by atoms with Gasteiger partial charge in [-0.25, -0.2) is 4.79 Å². The van der Waals surface area contributed by atoms with Crippen molar-refractivity contribution >= 4 is 11.7 Å². The van der Waals surface area contributed by atoms with Crippen LogP contribution in [0.25, 0.3) is 11.3 Å². The SMILES string of the molecule is O=C(NCc1ccnc(-c2ccncc2)c1)Nc1ccc2c(c1)OCO2. The van der Waals surface area contributed by atoms with E-state index in [0.29, 0.717) is 23.7 Å². The smallest absolute Gasteiger partial charge is 0.319 e. The number of urea groups is 1. The Morgan fingerprint density at radius 3 is 2.73 bits per heavy atom. The second kappa shape index (κ2) is 7.10. The normalized spacial score (nSPS) is 11.8. The van der Waals surface area contributed by atoms with Crippen molar-refractivity contribution in [2.75, 3.05) is 12.1 Å². The van der Waals surface area contributed by atoms with Crippen LogP contribution in [0, 0.1) is 0 Å². The number of hydrogen-bond donors (Lipinski definition) is 2. The third-order valence-electron chi connectivity index (χ3n) is 3.88. The lowest BCUT2D eigenvalue weighted by molar-refractivity contribution is 0.174. The minimum Gasteiger partial charge on any atom is -0.454 e. The number of aromatic nitrogens is 2. The van der Waals surface area contributed by atoms with Gasteiger partial charge in [-0.05, 0) is 42.0 Å². The first-order chi connectivity index (χ1) is 12.8. The Morgan fingerprint density at radius 2 is 1.85 bits per heavy atom. The van der Waals surface area contributed by atoms with Crippen LogP contribution in [-0.4, -0.2) is 22.8 Å². The summed E-state index contributed by atoms with van der Waals surface area (Å²) in [5, 5.41) is 5.61. The minimum absolute atomic E-state index is 0.201. The number of benzene rings is 1. The molecule has 130 valence electrons. The number of amides is 2. The van der Waals surface area contributed by atoms with E-state index in [1.165, 1.54) is 0 Å². The Morgan fingerprint density at radius 1 is 1.00 bits per heavy atom. The van der Waals surface area contributed by atoms with Crippen LogP contribution in [0.1, 0.15) is 5.56 Å². The predicted molar refractivity (Wildman–Crippen MR) is 95.9 cm³/mol. The Bertz CT molecular complexity index is 931. The highest BCUT2D eigenvalue weighted by atomic mass is 16.7. The average molecular weight is 348 g/mol. The van der Waals surface area contributed by atoms with E-state index in [4.69, 9.17) is 9.47 Å². The van der Waals surface area contributed by atoms with E-state index in [-0.39, 0.29) is 12.8 Å². The van der Waals surface area contributed by atoms with Crippen molar-refractivity contribution in [2.45, 2.75) is 6.54 Å². The first kappa shape index (κ1) is 15.9. The molecule has 0 spiro atoms. The summed E-state index contributed by atoms with van der Waals surface area (Å²) in [6.07, 6.45) is 5.17. The van der Waals surface area contributed by atoms with Gasteiger partial charge in [0.05, 0.1) is 5.69 Å². The van der Waals surface area contributed by atoms with Crippen molar-refractivity contribution in [3.05, 3.63) is 66.6 Å². The molecule has 26 heavy (non-hydrogen) atoms. The van der Waals surface area contributed by atoms with Crippen LogP contribution >= 0.6 is 0 Å². The van der Waals surface area contributed by atoms with Crippen LogP contribution in [0.15, 0.2) is 61.1 Å². The maximum atomic E-state index is 12.1. The van der Waals surface area contributed by atoms with E-state index >= 15 is 0 Å². The summed E-state index contributed by atoms with van der Waals surface area (Å²) in [5.74, 6) is 1.30. The molecule has 2 aromatic heterocycles. The number of pyridine rings is 2. The summed E-state index contributed by atoms with van der Waals surface area (Å²) in [6, 6.07) is 12.6. The van der Waals surface area contributed by atoms with E-state index in [1.807, 2.05) is 24.3 Å². The third kappa shape index (κ3) is 3.56. The van der Waals surface area contributed by atoms with E-state index in [2.05, 4.69) is 20.6 Å². The molecule has 0 saturated carbocycles. The van der Waals surface area contributed by atoms with E-state index in [9.17, 15) is 4.79 Å². The van der Waals surface area contributed by atoms with Crippen LogP contribution in [0.3, 0.4) is 0 Å². The van der Waals surface area contributed by atoms with Crippen LogP contribution in [-0.2, 0) is 6.54 Å². The van der Waals surface area contributed by atoms with Crippen LogP contribution in [0.2, 0.25) is 0 Å². The molecule has 1 aromatic carbocycles. The fraction of sp³-hybridized carbons (Fsp3) is 0.105. The molecule has 7 heteroatoms. The number of ether oxygens (including phenoxy) is 2. The van der Waals surface area contributed by atoms with E-state index in [1.54, 1.807) is 36.8 Å². The fourth-order valence-corrected chi connectivity index (χ4v) is 2.60. The van der Waals surface area contributed by atoms with Crippen LogP contribution in [0.4, 0.5) is 10.5 Å². The number of carbonyl (C=O) groups is 1. The summed E-state index contributed by atoms with van der Waals surface area (Å²) >= 11 is 0. The van der Waals surface area contributed by atoms with Crippen molar-refractivity contribution in [3.8, 4) is 22.8 Å². The van der Waals surface area contributed by atoms with Gasteiger partial charge in [0, 0.05) is 42.5 Å². The van der Waals surface area contributed by atoms with Crippen molar-refractivity contribution in [1.82, 2.24) is 15.3 Å². The predicted octanol–water partition coefficient (Wildman–Crippen LogP) is 3.19. The van der Waals surface area contributed by atoms with Crippen molar-refractivity contribution in [2.24, 2.45) is 0 Å². The van der Waals surface area contributed by atoms with Gasteiger partial charge in [0.1, 0.15) is 0 Å². The second-order valence-electron chi connectivity index (χ2n) is 5.66. The number of nitrogens with zero attached hydrogens (tertiary/aromatic N) is 2. The van der Waals surface area contributed by atoms with Gasteiger partial charge in [0.2, 0.25) is 6.79 Å².